The van der Waals surface area contributed by atoms with Crippen LogP contribution in [0.4, 0.5) is 15.9 Å². The lowest BCUT2D eigenvalue weighted by Crippen LogP contribution is -2.18. The standard InChI is InChI=1S/C18H15FIN5/c1-3-24(14-6-4-5-13(20)10-14)17-15-9-12(19)7-8-16(15)25-11(2)22-23-18(25)21-17/h4-10H,3H2,1-2H3. The van der Waals surface area contributed by atoms with Gasteiger partial charge in [0.25, 0.3) is 5.78 Å². The van der Waals surface area contributed by atoms with E-state index in [0.29, 0.717) is 18.1 Å². The molecular formula is C18H15FIN5. The maximum Gasteiger partial charge on any atom is 0.257 e. The Morgan fingerprint density at radius 2 is 2.00 bits per heavy atom. The fraction of sp³-hybridized carbons (Fsp3) is 0.167. The molecule has 0 bridgehead atoms. The molecule has 0 spiro atoms. The van der Waals surface area contributed by atoms with Crippen molar-refractivity contribution in [1.82, 2.24) is 19.6 Å². The van der Waals surface area contributed by atoms with E-state index in [0.717, 1.165) is 26.0 Å². The number of aromatic nitrogens is 4. The first-order chi connectivity index (χ1) is 12.1. The van der Waals surface area contributed by atoms with E-state index >= 15 is 0 Å². The highest BCUT2D eigenvalue weighted by Gasteiger charge is 2.18. The number of hydrogen-bond donors (Lipinski definition) is 0. The summed E-state index contributed by atoms with van der Waals surface area (Å²) in [5.74, 6) is 1.62. The summed E-state index contributed by atoms with van der Waals surface area (Å²) < 4.78 is 17.0. The summed E-state index contributed by atoms with van der Waals surface area (Å²) in [6, 6.07) is 12.9. The predicted molar refractivity (Wildman–Crippen MR) is 105 cm³/mol. The van der Waals surface area contributed by atoms with Crippen molar-refractivity contribution in [3.05, 3.63) is 57.7 Å². The molecule has 2 aromatic heterocycles. The highest BCUT2D eigenvalue weighted by Crippen LogP contribution is 2.32. The Morgan fingerprint density at radius 1 is 1.16 bits per heavy atom. The first-order valence-corrected chi connectivity index (χ1v) is 9.00. The normalized spacial score (nSPS) is 11.4. The van der Waals surface area contributed by atoms with Crippen LogP contribution in [0.5, 0.6) is 0 Å². The van der Waals surface area contributed by atoms with E-state index in [2.05, 4.69) is 48.7 Å². The molecule has 2 heterocycles. The SMILES string of the molecule is CCN(c1cccc(I)c1)c1nc2nnc(C)n2c2ccc(F)cc12. The smallest absolute Gasteiger partial charge is 0.257 e. The molecule has 7 heteroatoms. The average molecular weight is 447 g/mol. The molecule has 0 saturated heterocycles. The molecule has 0 aliphatic rings. The maximum absolute atomic E-state index is 14.0. The van der Waals surface area contributed by atoms with Crippen molar-refractivity contribution in [1.29, 1.82) is 0 Å². The van der Waals surface area contributed by atoms with E-state index in [4.69, 9.17) is 0 Å². The van der Waals surface area contributed by atoms with E-state index in [1.54, 1.807) is 6.07 Å². The Hall–Kier alpha value is -2.29. The fourth-order valence-corrected chi connectivity index (χ4v) is 3.57. The third-order valence-corrected chi connectivity index (χ3v) is 4.82. The van der Waals surface area contributed by atoms with Gasteiger partial charge >= 0.3 is 0 Å². The minimum atomic E-state index is -0.292. The van der Waals surface area contributed by atoms with Crippen molar-refractivity contribution in [3.63, 3.8) is 0 Å². The van der Waals surface area contributed by atoms with Crippen LogP contribution in [0.2, 0.25) is 0 Å². The lowest BCUT2D eigenvalue weighted by molar-refractivity contribution is 0.629. The summed E-state index contributed by atoms with van der Waals surface area (Å²) in [6.07, 6.45) is 0. The summed E-state index contributed by atoms with van der Waals surface area (Å²) in [4.78, 5) is 6.75. The largest absolute Gasteiger partial charge is 0.326 e. The topological polar surface area (TPSA) is 46.3 Å². The number of rotatable bonds is 3. The van der Waals surface area contributed by atoms with Gasteiger partial charge in [0.2, 0.25) is 0 Å². The van der Waals surface area contributed by atoms with Crippen LogP contribution in [0.15, 0.2) is 42.5 Å². The minimum absolute atomic E-state index is 0.292. The summed E-state index contributed by atoms with van der Waals surface area (Å²) in [7, 11) is 0. The van der Waals surface area contributed by atoms with Crippen LogP contribution >= 0.6 is 22.6 Å². The monoisotopic (exact) mass is 447 g/mol. The van der Waals surface area contributed by atoms with Crippen LogP contribution in [-0.4, -0.2) is 26.1 Å². The van der Waals surface area contributed by atoms with Gasteiger partial charge in [0.05, 0.1) is 5.52 Å². The molecule has 126 valence electrons. The van der Waals surface area contributed by atoms with E-state index in [9.17, 15) is 4.39 Å². The first-order valence-electron chi connectivity index (χ1n) is 7.92. The number of hydrogen-bond acceptors (Lipinski definition) is 4. The van der Waals surface area contributed by atoms with Crippen molar-refractivity contribution >= 4 is 50.8 Å². The van der Waals surface area contributed by atoms with Crippen LogP contribution in [0.3, 0.4) is 0 Å². The zero-order valence-corrected chi connectivity index (χ0v) is 15.9. The van der Waals surface area contributed by atoms with Gasteiger partial charge < -0.3 is 4.90 Å². The molecular weight excluding hydrogens is 432 g/mol. The molecule has 5 nitrogen and oxygen atoms in total. The molecule has 0 amide bonds. The Bertz CT molecular complexity index is 1090. The predicted octanol–water partition coefficient (Wildman–Crippen LogP) is 4.49. The second kappa shape index (κ2) is 6.21. The fourth-order valence-electron chi connectivity index (χ4n) is 3.05. The number of aryl methyl sites for hydroxylation is 1. The van der Waals surface area contributed by atoms with Crippen molar-refractivity contribution in [2.24, 2.45) is 0 Å². The van der Waals surface area contributed by atoms with Crippen LogP contribution in [0.1, 0.15) is 12.7 Å². The summed E-state index contributed by atoms with van der Waals surface area (Å²) in [5, 5.41) is 9.01. The van der Waals surface area contributed by atoms with Gasteiger partial charge in [-0.15, -0.1) is 10.2 Å². The van der Waals surface area contributed by atoms with Gasteiger partial charge in [-0.25, -0.2) is 4.39 Å². The van der Waals surface area contributed by atoms with E-state index in [1.807, 2.05) is 36.4 Å². The van der Waals surface area contributed by atoms with E-state index in [1.165, 1.54) is 12.1 Å². The molecule has 0 radical (unpaired) electrons. The second-order valence-electron chi connectivity index (χ2n) is 5.70. The number of fused-ring (bicyclic) bond motifs is 3. The molecule has 25 heavy (non-hydrogen) atoms. The number of nitrogens with zero attached hydrogens (tertiary/aromatic N) is 5. The quantitative estimate of drug-likeness (QED) is 0.435. The van der Waals surface area contributed by atoms with Crippen molar-refractivity contribution < 1.29 is 4.39 Å². The number of halogens is 2. The Balaban J connectivity index is 2.06. The Labute approximate surface area is 157 Å². The summed E-state index contributed by atoms with van der Waals surface area (Å²) >= 11 is 2.28. The third-order valence-electron chi connectivity index (χ3n) is 4.15. The maximum atomic E-state index is 14.0. The molecule has 0 atom stereocenters. The van der Waals surface area contributed by atoms with Gasteiger partial charge in [-0.05, 0) is 72.8 Å². The van der Waals surface area contributed by atoms with Crippen molar-refractivity contribution in [2.75, 3.05) is 11.4 Å². The average Bonchev–Trinajstić information content (AvgIpc) is 2.97. The molecule has 2 aromatic carbocycles. The highest BCUT2D eigenvalue weighted by atomic mass is 127. The van der Waals surface area contributed by atoms with Gasteiger partial charge in [-0.3, -0.25) is 4.40 Å². The van der Waals surface area contributed by atoms with Crippen LogP contribution in [-0.2, 0) is 0 Å². The van der Waals surface area contributed by atoms with Gasteiger partial charge in [0.15, 0.2) is 0 Å². The molecule has 0 fully saturated rings. The van der Waals surface area contributed by atoms with Crippen LogP contribution in [0, 0.1) is 16.3 Å². The number of benzene rings is 2. The summed E-state index contributed by atoms with van der Waals surface area (Å²) in [6.45, 7) is 4.61. The first kappa shape index (κ1) is 16.2. The van der Waals surface area contributed by atoms with Crippen LogP contribution in [0.25, 0.3) is 16.7 Å². The summed E-state index contributed by atoms with van der Waals surface area (Å²) in [5.41, 5.74) is 1.85. The van der Waals surface area contributed by atoms with E-state index in [-0.39, 0.29) is 5.82 Å². The molecule has 0 N–H and O–H groups in total. The highest BCUT2D eigenvalue weighted by molar-refractivity contribution is 14.1. The molecule has 0 unspecified atom stereocenters. The zero-order valence-electron chi connectivity index (χ0n) is 13.7. The molecule has 0 aliphatic carbocycles. The van der Waals surface area contributed by atoms with Gasteiger partial charge in [0, 0.05) is 21.2 Å². The van der Waals surface area contributed by atoms with Crippen LogP contribution < -0.4 is 4.90 Å². The lowest BCUT2D eigenvalue weighted by Gasteiger charge is -2.24. The number of anilines is 2. The van der Waals surface area contributed by atoms with Gasteiger partial charge in [0.1, 0.15) is 17.5 Å². The zero-order chi connectivity index (χ0) is 17.6. The van der Waals surface area contributed by atoms with E-state index < -0.39 is 0 Å². The molecule has 4 rings (SSSR count). The second-order valence-corrected chi connectivity index (χ2v) is 6.95. The van der Waals surface area contributed by atoms with Gasteiger partial charge in [-0.2, -0.15) is 4.98 Å². The Morgan fingerprint density at radius 3 is 2.76 bits per heavy atom. The third kappa shape index (κ3) is 2.72. The molecule has 0 aliphatic heterocycles. The lowest BCUT2D eigenvalue weighted by atomic mass is 10.2. The minimum Gasteiger partial charge on any atom is -0.326 e. The van der Waals surface area contributed by atoms with Gasteiger partial charge in [-0.1, -0.05) is 6.07 Å². The molecule has 0 saturated carbocycles. The molecule has 4 aromatic rings. The van der Waals surface area contributed by atoms with Crippen molar-refractivity contribution in [3.8, 4) is 0 Å². The van der Waals surface area contributed by atoms with Crippen molar-refractivity contribution in [2.45, 2.75) is 13.8 Å². The Kier molecular flexibility index (Phi) is 4.03.